The highest BCUT2D eigenvalue weighted by Crippen LogP contribution is 2.36. The molecule has 0 aliphatic heterocycles. The van der Waals surface area contributed by atoms with E-state index < -0.39 is 0 Å². The first-order valence-corrected chi connectivity index (χ1v) is 13.1. The minimum atomic E-state index is -0.00417. The summed E-state index contributed by atoms with van der Waals surface area (Å²) in [7, 11) is 0. The fraction of sp³-hybridized carbons (Fsp3) is 0.154. The number of ether oxygens (including phenoxy) is 2. The normalized spacial score (nSPS) is 11.1. The van der Waals surface area contributed by atoms with Gasteiger partial charge in [-0.05, 0) is 77.5 Å². The van der Waals surface area contributed by atoms with Crippen LogP contribution >= 0.6 is 24.1 Å². The molecule has 0 unspecified atom stereocenters. The molecular formula is C26H26N2O9S2. The topological polar surface area (TPSA) is 140 Å². The van der Waals surface area contributed by atoms with E-state index in [9.17, 15) is 0 Å². The molecule has 5 N–H and O–H groups in total. The van der Waals surface area contributed by atoms with Crippen molar-refractivity contribution in [3.05, 3.63) is 78.9 Å². The maximum atomic E-state index is 8.72. The summed E-state index contributed by atoms with van der Waals surface area (Å²) in [4.78, 5) is 1.27. The van der Waals surface area contributed by atoms with E-state index in [1.165, 1.54) is 0 Å². The zero-order valence-electron chi connectivity index (χ0n) is 20.4. The summed E-state index contributed by atoms with van der Waals surface area (Å²) in [6.07, 6.45) is 0. The molecule has 0 bridgehead atoms. The number of benzene rings is 4. The second-order valence-electron chi connectivity index (χ2n) is 7.85. The predicted octanol–water partition coefficient (Wildman–Crippen LogP) is 6.57. The molecule has 0 aliphatic carbocycles. The van der Waals surface area contributed by atoms with Crippen LogP contribution in [0.15, 0.2) is 88.7 Å². The third-order valence-electron chi connectivity index (χ3n) is 5.23. The van der Waals surface area contributed by atoms with E-state index in [1.54, 1.807) is 6.07 Å². The molecule has 0 heterocycles. The quantitative estimate of drug-likeness (QED) is 0.0427. The lowest BCUT2D eigenvalue weighted by Crippen LogP contribution is -2.09. The number of hydrogen-bond donors (Lipinski definition) is 5. The van der Waals surface area contributed by atoms with E-state index in [-0.39, 0.29) is 6.61 Å². The Morgan fingerprint density at radius 1 is 0.667 bits per heavy atom. The van der Waals surface area contributed by atoms with Crippen molar-refractivity contribution in [1.82, 2.24) is 0 Å². The van der Waals surface area contributed by atoms with Crippen LogP contribution < -0.4 is 15.4 Å². The minimum Gasteiger partial charge on any atom is -0.491 e. The van der Waals surface area contributed by atoms with Crippen molar-refractivity contribution in [2.75, 3.05) is 37.1 Å². The Labute approximate surface area is 232 Å². The summed E-state index contributed by atoms with van der Waals surface area (Å²) in [6.45, 7) is 1.12. The Bertz CT molecular complexity index is 1330. The average molecular weight is 575 g/mol. The SMILES string of the molecule is OCCOCCOc1ccc(Nc2cccc(Nc3ccc4c(SOOO)cc(SOOO)cc4c3)c2)cc1. The third kappa shape index (κ3) is 8.98. The standard InChI is InChI=1S/C26H26N2O9S2/c29-10-11-32-12-13-33-23-7-4-19(5-8-23)27-20-2-1-3-21(16-20)28-22-6-9-25-18(14-22)15-24(38-36-34-30)17-26(25)39-37-35-31/h1-9,14-17,27-31H,10-13H2. The van der Waals surface area contributed by atoms with Crippen LogP contribution in [-0.4, -0.2) is 42.0 Å². The lowest BCUT2D eigenvalue weighted by molar-refractivity contribution is -0.432. The van der Waals surface area contributed by atoms with Gasteiger partial charge in [-0.15, -0.1) is 8.67 Å². The summed E-state index contributed by atoms with van der Waals surface area (Å²) in [5.41, 5.74) is 3.50. The van der Waals surface area contributed by atoms with Gasteiger partial charge in [0.05, 0.1) is 43.9 Å². The van der Waals surface area contributed by atoms with Crippen molar-refractivity contribution in [3.8, 4) is 5.75 Å². The van der Waals surface area contributed by atoms with Crippen LogP contribution in [0, 0.1) is 0 Å². The molecule has 0 saturated carbocycles. The summed E-state index contributed by atoms with van der Waals surface area (Å²) >= 11 is 1.63. The van der Waals surface area contributed by atoms with E-state index in [0.717, 1.165) is 63.4 Å². The van der Waals surface area contributed by atoms with E-state index in [4.69, 9.17) is 25.1 Å². The first-order valence-electron chi connectivity index (χ1n) is 11.6. The van der Waals surface area contributed by atoms with E-state index in [0.29, 0.717) is 29.6 Å². The van der Waals surface area contributed by atoms with Crippen LogP contribution in [-0.2, 0) is 23.5 Å². The van der Waals surface area contributed by atoms with Crippen molar-refractivity contribution >= 4 is 57.6 Å². The number of rotatable bonds is 16. The molecule has 39 heavy (non-hydrogen) atoms. The van der Waals surface area contributed by atoms with Crippen molar-refractivity contribution in [2.24, 2.45) is 0 Å². The zero-order valence-corrected chi connectivity index (χ0v) is 22.1. The molecule has 0 saturated heterocycles. The van der Waals surface area contributed by atoms with Gasteiger partial charge in [0.15, 0.2) is 0 Å². The van der Waals surface area contributed by atoms with E-state index in [2.05, 4.69) is 29.4 Å². The largest absolute Gasteiger partial charge is 0.491 e. The molecule has 0 aliphatic rings. The van der Waals surface area contributed by atoms with Gasteiger partial charge in [-0.1, -0.05) is 22.2 Å². The van der Waals surface area contributed by atoms with E-state index >= 15 is 0 Å². The Balaban J connectivity index is 1.42. The van der Waals surface area contributed by atoms with Gasteiger partial charge in [-0.3, -0.25) is 0 Å². The average Bonchev–Trinajstić information content (AvgIpc) is 2.95. The van der Waals surface area contributed by atoms with Crippen molar-refractivity contribution in [1.29, 1.82) is 0 Å². The molecule has 11 nitrogen and oxygen atoms in total. The van der Waals surface area contributed by atoms with Crippen LogP contribution in [0.25, 0.3) is 10.8 Å². The monoisotopic (exact) mass is 574 g/mol. The maximum absolute atomic E-state index is 8.72. The van der Waals surface area contributed by atoms with Gasteiger partial charge >= 0.3 is 0 Å². The van der Waals surface area contributed by atoms with Gasteiger partial charge in [0.2, 0.25) is 0 Å². The molecule has 4 aromatic rings. The van der Waals surface area contributed by atoms with Crippen LogP contribution in [0.5, 0.6) is 5.75 Å². The fourth-order valence-corrected chi connectivity index (χ4v) is 4.72. The number of nitrogens with one attached hydrogen (secondary N) is 2. The fourth-order valence-electron chi connectivity index (χ4n) is 3.64. The number of aliphatic hydroxyl groups excluding tert-OH is 1. The van der Waals surface area contributed by atoms with Gasteiger partial charge in [0.1, 0.15) is 12.4 Å². The van der Waals surface area contributed by atoms with Crippen LogP contribution in [0.4, 0.5) is 22.7 Å². The molecule has 206 valence electrons. The number of anilines is 4. The van der Waals surface area contributed by atoms with Crippen molar-refractivity contribution < 1.29 is 43.8 Å². The van der Waals surface area contributed by atoms with Crippen molar-refractivity contribution in [2.45, 2.75) is 9.79 Å². The Kier molecular flexibility index (Phi) is 11.5. The second-order valence-corrected chi connectivity index (χ2v) is 9.37. The highest BCUT2D eigenvalue weighted by atomic mass is 32.2. The smallest absolute Gasteiger partial charge is 0.119 e. The molecular weight excluding hydrogens is 548 g/mol. The summed E-state index contributed by atoms with van der Waals surface area (Å²) in [6, 6.07) is 24.8. The maximum Gasteiger partial charge on any atom is 0.119 e. The summed E-state index contributed by atoms with van der Waals surface area (Å²) < 4.78 is 20.0. The Hall–Kier alpha value is -3.08. The molecule has 0 fully saturated rings. The Morgan fingerprint density at radius 2 is 1.36 bits per heavy atom. The molecule has 4 rings (SSSR count). The van der Waals surface area contributed by atoms with Crippen LogP contribution in [0.2, 0.25) is 0 Å². The molecule has 0 aromatic heterocycles. The first-order chi connectivity index (χ1) is 19.2. The first kappa shape index (κ1) is 28.9. The third-order valence-corrected chi connectivity index (χ3v) is 6.43. The molecule has 4 aromatic carbocycles. The van der Waals surface area contributed by atoms with Gasteiger partial charge in [0.25, 0.3) is 0 Å². The Morgan fingerprint density at radius 3 is 2.10 bits per heavy atom. The van der Waals surface area contributed by atoms with Gasteiger partial charge in [-0.25, -0.2) is 10.5 Å². The zero-order chi connectivity index (χ0) is 27.3. The number of fused-ring (bicyclic) bond motifs is 1. The highest BCUT2D eigenvalue weighted by molar-refractivity contribution is 7.95. The molecule has 0 atom stereocenters. The number of hydrogen-bond acceptors (Lipinski definition) is 13. The predicted molar refractivity (Wildman–Crippen MR) is 148 cm³/mol. The number of aliphatic hydroxyl groups is 1. The lowest BCUT2D eigenvalue weighted by Gasteiger charge is -2.13. The van der Waals surface area contributed by atoms with Gasteiger partial charge in [0, 0.05) is 32.5 Å². The molecule has 0 radical (unpaired) electrons. The van der Waals surface area contributed by atoms with E-state index in [1.807, 2.05) is 72.8 Å². The van der Waals surface area contributed by atoms with Crippen LogP contribution in [0.3, 0.4) is 0 Å². The summed E-state index contributed by atoms with van der Waals surface area (Å²) in [5.74, 6) is 0.730. The highest BCUT2D eigenvalue weighted by Gasteiger charge is 2.10. The van der Waals surface area contributed by atoms with Crippen LogP contribution in [0.1, 0.15) is 0 Å². The lowest BCUT2D eigenvalue weighted by atomic mass is 10.1. The second kappa shape index (κ2) is 15.5. The molecule has 0 amide bonds. The minimum absolute atomic E-state index is 0.00417. The van der Waals surface area contributed by atoms with Gasteiger partial charge < -0.3 is 25.2 Å². The molecule has 13 heteroatoms. The molecule has 0 spiro atoms. The van der Waals surface area contributed by atoms with Crippen molar-refractivity contribution in [3.63, 3.8) is 0 Å². The van der Waals surface area contributed by atoms with Gasteiger partial charge in [-0.2, -0.15) is 0 Å². The summed E-state index contributed by atoms with van der Waals surface area (Å²) in [5, 5.41) is 41.6.